The van der Waals surface area contributed by atoms with E-state index >= 15 is 0 Å². The molecule has 0 spiro atoms. The highest BCUT2D eigenvalue weighted by molar-refractivity contribution is 6.35. The van der Waals surface area contributed by atoms with E-state index in [1.54, 1.807) is 6.20 Å². The van der Waals surface area contributed by atoms with E-state index in [1.807, 2.05) is 60.7 Å². The maximum atomic E-state index is 12.9. The normalized spacial score (nSPS) is 14.3. The maximum Gasteiger partial charge on any atom is 0.253 e. The van der Waals surface area contributed by atoms with Gasteiger partial charge in [-0.15, -0.1) is 0 Å². The van der Waals surface area contributed by atoms with Crippen LogP contribution >= 0.6 is 11.6 Å². The van der Waals surface area contributed by atoms with E-state index in [-0.39, 0.29) is 5.56 Å². The molecule has 5 aromatic rings. The molecule has 0 aliphatic heterocycles. The number of H-pyrrole nitrogens is 1. The fourth-order valence-electron chi connectivity index (χ4n) is 4.86. The van der Waals surface area contributed by atoms with E-state index in [1.165, 1.54) is 0 Å². The number of aromatic nitrogens is 4. The third kappa shape index (κ3) is 3.58. The van der Waals surface area contributed by atoms with Crippen LogP contribution in [0.15, 0.2) is 71.7 Å². The number of hydrogen-bond donors (Lipinski definition) is 1. The van der Waals surface area contributed by atoms with Gasteiger partial charge in [0.25, 0.3) is 5.56 Å². The number of rotatable bonds is 3. The predicted octanol–water partition coefficient (Wildman–Crippen LogP) is 6.51. The third-order valence-corrected chi connectivity index (χ3v) is 6.77. The average Bonchev–Trinajstić information content (AvgIpc) is 3.38. The SMILES string of the molecule is O=c1[nH]c2nc(-c3ccccc3)c(-c3cc(Cl)c4ncccc4c3)nc2cc1C1CCCC1. The first-order valence-corrected chi connectivity index (χ1v) is 11.6. The van der Waals surface area contributed by atoms with Gasteiger partial charge in [-0.25, -0.2) is 9.97 Å². The molecule has 0 radical (unpaired) electrons. The molecule has 0 bridgehead atoms. The fraction of sp³-hybridized carbons (Fsp3) is 0.185. The van der Waals surface area contributed by atoms with E-state index < -0.39 is 0 Å². The first kappa shape index (κ1) is 20.1. The van der Waals surface area contributed by atoms with E-state index in [4.69, 9.17) is 21.6 Å². The molecule has 6 heteroatoms. The average molecular weight is 453 g/mol. The third-order valence-electron chi connectivity index (χ3n) is 6.48. The molecule has 3 aromatic heterocycles. The second kappa shape index (κ2) is 8.09. The van der Waals surface area contributed by atoms with Crippen molar-refractivity contribution < 1.29 is 0 Å². The highest BCUT2D eigenvalue weighted by Gasteiger charge is 2.22. The fourth-order valence-corrected chi connectivity index (χ4v) is 5.13. The van der Waals surface area contributed by atoms with Crippen molar-refractivity contribution in [3.05, 3.63) is 87.8 Å². The number of fused-ring (bicyclic) bond motifs is 2. The number of halogens is 1. The molecule has 0 amide bonds. The number of pyridine rings is 2. The lowest BCUT2D eigenvalue weighted by molar-refractivity contribution is 0.713. The monoisotopic (exact) mass is 452 g/mol. The Hall–Kier alpha value is -3.57. The van der Waals surface area contributed by atoms with Gasteiger partial charge in [-0.2, -0.15) is 0 Å². The molecule has 2 aromatic carbocycles. The Labute approximate surface area is 195 Å². The van der Waals surface area contributed by atoms with Crippen molar-refractivity contribution in [2.45, 2.75) is 31.6 Å². The summed E-state index contributed by atoms with van der Waals surface area (Å²) in [4.78, 5) is 30.2. The summed E-state index contributed by atoms with van der Waals surface area (Å²) in [6.07, 6.45) is 6.15. The summed E-state index contributed by atoms with van der Waals surface area (Å²) in [5.41, 5.74) is 5.91. The Bertz CT molecular complexity index is 1560. The summed E-state index contributed by atoms with van der Waals surface area (Å²) in [7, 11) is 0. The first-order valence-electron chi connectivity index (χ1n) is 11.2. The highest BCUT2D eigenvalue weighted by Crippen LogP contribution is 2.36. The number of hydrogen-bond acceptors (Lipinski definition) is 4. The Morgan fingerprint density at radius 2 is 1.67 bits per heavy atom. The van der Waals surface area contributed by atoms with Crippen LogP contribution in [0, 0.1) is 0 Å². The zero-order valence-corrected chi connectivity index (χ0v) is 18.6. The molecule has 1 fully saturated rings. The largest absolute Gasteiger partial charge is 0.305 e. The van der Waals surface area contributed by atoms with Gasteiger partial charge in [0.1, 0.15) is 5.52 Å². The number of nitrogens with zero attached hydrogens (tertiary/aromatic N) is 3. The Morgan fingerprint density at radius 1 is 0.879 bits per heavy atom. The van der Waals surface area contributed by atoms with Crippen molar-refractivity contribution in [1.82, 2.24) is 19.9 Å². The molecule has 1 N–H and O–H groups in total. The number of aromatic amines is 1. The van der Waals surface area contributed by atoms with E-state index in [0.717, 1.165) is 59.0 Å². The van der Waals surface area contributed by atoms with E-state index in [9.17, 15) is 4.79 Å². The summed E-state index contributed by atoms with van der Waals surface area (Å²) in [5, 5.41) is 1.51. The minimum absolute atomic E-state index is 0.0599. The lowest BCUT2D eigenvalue weighted by atomic mass is 9.98. The van der Waals surface area contributed by atoms with Crippen LogP contribution in [0.2, 0.25) is 5.02 Å². The van der Waals surface area contributed by atoms with Crippen LogP contribution < -0.4 is 5.56 Å². The van der Waals surface area contributed by atoms with Crippen LogP contribution in [-0.2, 0) is 0 Å². The first-order chi connectivity index (χ1) is 16.2. The molecule has 1 aliphatic rings. The Morgan fingerprint density at radius 3 is 2.48 bits per heavy atom. The van der Waals surface area contributed by atoms with E-state index in [2.05, 4.69) is 9.97 Å². The molecule has 1 saturated carbocycles. The standard InChI is InChI=1S/C27H21ClN4O/c28-21-14-19(13-18-11-6-12-29-23(18)21)25-24(17-9-2-1-3-10-17)31-26-22(30-25)15-20(27(33)32-26)16-7-4-5-8-16/h1-3,6,9-16H,4-5,7-8H2,(H,31,32,33). The molecule has 3 heterocycles. The summed E-state index contributed by atoms with van der Waals surface area (Å²) in [6.45, 7) is 0. The van der Waals surface area contributed by atoms with Crippen molar-refractivity contribution in [3.8, 4) is 22.5 Å². The lowest BCUT2D eigenvalue weighted by Crippen LogP contribution is -2.16. The second-order valence-corrected chi connectivity index (χ2v) is 9.00. The van der Waals surface area contributed by atoms with Crippen molar-refractivity contribution in [3.63, 3.8) is 0 Å². The quantitative estimate of drug-likeness (QED) is 0.338. The van der Waals surface area contributed by atoms with Gasteiger partial charge in [0.05, 0.1) is 21.9 Å². The molecule has 0 unspecified atom stereocenters. The molecule has 1 aliphatic carbocycles. The molecular weight excluding hydrogens is 432 g/mol. The van der Waals surface area contributed by atoms with Gasteiger partial charge in [0, 0.05) is 28.3 Å². The van der Waals surface area contributed by atoms with E-state index in [0.29, 0.717) is 27.8 Å². The highest BCUT2D eigenvalue weighted by atomic mass is 35.5. The van der Waals surface area contributed by atoms with Gasteiger partial charge < -0.3 is 4.98 Å². The number of nitrogens with one attached hydrogen (secondary N) is 1. The number of benzene rings is 2. The van der Waals surface area contributed by atoms with Crippen LogP contribution in [0.1, 0.15) is 37.2 Å². The van der Waals surface area contributed by atoms with Crippen molar-refractivity contribution in [2.75, 3.05) is 0 Å². The van der Waals surface area contributed by atoms with Crippen LogP contribution in [0.4, 0.5) is 0 Å². The van der Waals surface area contributed by atoms with Gasteiger partial charge in [0.2, 0.25) is 0 Å². The predicted molar refractivity (Wildman–Crippen MR) is 133 cm³/mol. The summed E-state index contributed by atoms with van der Waals surface area (Å²) >= 11 is 6.60. The minimum atomic E-state index is -0.0599. The Balaban J connectivity index is 1.63. The molecule has 5 nitrogen and oxygen atoms in total. The zero-order valence-electron chi connectivity index (χ0n) is 17.9. The van der Waals surface area contributed by atoms with Crippen LogP contribution in [0.25, 0.3) is 44.6 Å². The minimum Gasteiger partial charge on any atom is -0.305 e. The molecule has 0 saturated heterocycles. The Kier molecular flexibility index (Phi) is 4.92. The topological polar surface area (TPSA) is 71.5 Å². The lowest BCUT2D eigenvalue weighted by Gasteiger charge is -2.13. The summed E-state index contributed by atoms with van der Waals surface area (Å²) < 4.78 is 0. The van der Waals surface area contributed by atoms with Gasteiger partial charge in [-0.3, -0.25) is 9.78 Å². The van der Waals surface area contributed by atoms with Crippen LogP contribution in [0.5, 0.6) is 0 Å². The summed E-state index contributed by atoms with van der Waals surface area (Å²) in [5.74, 6) is 0.290. The van der Waals surface area contributed by atoms with Gasteiger partial charge in [-0.05, 0) is 43.0 Å². The zero-order chi connectivity index (χ0) is 22.4. The summed E-state index contributed by atoms with van der Waals surface area (Å²) in [6, 6.07) is 19.6. The van der Waals surface area contributed by atoms with Gasteiger partial charge >= 0.3 is 0 Å². The van der Waals surface area contributed by atoms with Crippen LogP contribution in [0.3, 0.4) is 0 Å². The molecular formula is C27H21ClN4O. The molecule has 33 heavy (non-hydrogen) atoms. The van der Waals surface area contributed by atoms with Crippen molar-refractivity contribution >= 4 is 33.7 Å². The smallest absolute Gasteiger partial charge is 0.253 e. The molecule has 6 rings (SSSR count). The molecule has 0 atom stereocenters. The van der Waals surface area contributed by atoms with Crippen molar-refractivity contribution in [1.29, 1.82) is 0 Å². The van der Waals surface area contributed by atoms with Crippen molar-refractivity contribution in [2.24, 2.45) is 0 Å². The molecule has 162 valence electrons. The second-order valence-electron chi connectivity index (χ2n) is 8.59. The van der Waals surface area contributed by atoms with Gasteiger partial charge in [0.15, 0.2) is 5.65 Å². The maximum absolute atomic E-state index is 12.9. The van der Waals surface area contributed by atoms with Crippen LogP contribution in [-0.4, -0.2) is 19.9 Å². The van der Waals surface area contributed by atoms with Gasteiger partial charge in [-0.1, -0.05) is 60.8 Å².